The van der Waals surface area contributed by atoms with E-state index in [4.69, 9.17) is 0 Å². The molecule has 3 aromatic carbocycles. The number of nitrogens with one attached hydrogen (secondary N) is 3. The molecule has 1 heterocycles. The summed E-state index contributed by atoms with van der Waals surface area (Å²) in [4.78, 5) is 26.6. The van der Waals surface area contributed by atoms with Crippen LogP contribution in [0.4, 0.5) is 16.2 Å². The molecule has 3 amide bonds. The molecule has 0 bridgehead atoms. The number of aromatic nitrogens is 4. The summed E-state index contributed by atoms with van der Waals surface area (Å²) in [6.45, 7) is 8.17. The third kappa shape index (κ3) is 8.46. The van der Waals surface area contributed by atoms with Gasteiger partial charge in [0.25, 0.3) is 0 Å². The van der Waals surface area contributed by atoms with Gasteiger partial charge in [0.1, 0.15) is 0 Å². The third-order valence-electron chi connectivity index (χ3n) is 6.86. The second-order valence-electron chi connectivity index (χ2n) is 10.4. The Morgan fingerprint density at radius 3 is 2.39 bits per heavy atom. The molecular weight excluding hydrogens is 516 g/mol. The van der Waals surface area contributed by atoms with Gasteiger partial charge in [-0.1, -0.05) is 30.3 Å². The van der Waals surface area contributed by atoms with Crippen LogP contribution in [0.15, 0.2) is 60.7 Å². The molecule has 0 saturated heterocycles. The van der Waals surface area contributed by atoms with Gasteiger partial charge in [-0.3, -0.25) is 4.79 Å². The van der Waals surface area contributed by atoms with Crippen LogP contribution >= 0.6 is 0 Å². The number of nitrogens with zero attached hydrogens (tertiary/aromatic N) is 5. The van der Waals surface area contributed by atoms with Gasteiger partial charge < -0.3 is 20.9 Å². The first-order valence-corrected chi connectivity index (χ1v) is 13.7. The summed E-state index contributed by atoms with van der Waals surface area (Å²) in [6, 6.07) is 19.5. The Morgan fingerprint density at radius 1 is 0.878 bits per heavy atom. The molecular formula is C31H38N8O2. The van der Waals surface area contributed by atoms with Crippen LogP contribution in [0.5, 0.6) is 0 Å². The van der Waals surface area contributed by atoms with E-state index >= 15 is 0 Å². The second-order valence-corrected chi connectivity index (χ2v) is 10.4. The Kier molecular flexibility index (Phi) is 9.81. The summed E-state index contributed by atoms with van der Waals surface area (Å²) in [7, 11) is 3.89. The van der Waals surface area contributed by atoms with Gasteiger partial charge in [-0.25, -0.2) is 9.48 Å². The molecule has 0 aliphatic rings. The van der Waals surface area contributed by atoms with Gasteiger partial charge >= 0.3 is 6.03 Å². The van der Waals surface area contributed by atoms with Crippen LogP contribution in [0.25, 0.3) is 22.5 Å². The minimum atomic E-state index is -0.278. The number of amides is 3. The van der Waals surface area contributed by atoms with Gasteiger partial charge in [-0.15, -0.1) is 5.10 Å². The highest BCUT2D eigenvalue weighted by molar-refractivity contribution is 5.92. The zero-order valence-corrected chi connectivity index (χ0v) is 24.4. The van der Waals surface area contributed by atoms with Crippen LogP contribution in [0, 0.1) is 13.8 Å². The first-order chi connectivity index (χ1) is 19.7. The summed E-state index contributed by atoms with van der Waals surface area (Å²) >= 11 is 0. The maximum Gasteiger partial charge on any atom is 0.319 e. The van der Waals surface area contributed by atoms with Crippen LogP contribution in [0.1, 0.15) is 36.5 Å². The minimum Gasteiger partial charge on any atom is -0.338 e. The highest BCUT2D eigenvalue weighted by atomic mass is 16.2. The lowest BCUT2D eigenvalue weighted by molar-refractivity contribution is -0.114. The molecule has 0 saturated carbocycles. The molecule has 3 N–H and O–H groups in total. The molecule has 0 aliphatic carbocycles. The molecule has 0 unspecified atom stereocenters. The van der Waals surface area contributed by atoms with Crippen molar-refractivity contribution >= 4 is 23.3 Å². The number of carbonyl (C=O) groups is 2. The number of tetrazole rings is 1. The number of benzene rings is 3. The van der Waals surface area contributed by atoms with Crippen LogP contribution in [-0.4, -0.2) is 57.2 Å². The Bertz CT molecular complexity index is 1510. The van der Waals surface area contributed by atoms with Crippen molar-refractivity contribution in [1.82, 2.24) is 30.4 Å². The predicted molar refractivity (Wildman–Crippen MR) is 162 cm³/mol. The highest BCUT2D eigenvalue weighted by Crippen LogP contribution is 2.30. The molecule has 10 heteroatoms. The van der Waals surface area contributed by atoms with Crippen LogP contribution in [0.3, 0.4) is 0 Å². The van der Waals surface area contributed by atoms with Crippen molar-refractivity contribution in [3.05, 3.63) is 77.4 Å². The number of hydrogen-bond donors (Lipinski definition) is 3. The van der Waals surface area contributed by atoms with Gasteiger partial charge in [-0.05, 0) is 109 Å². The van der Waals surface area contributed by atoms with Crippen molar-refractivity contribution in [2.45, 2.75) is 40.2 Å². The molecule has 0 aliphatic heterocycles. The molecule has 4 aromatic rings. The maximum absolute atomic E-state index is 12.8. The molecule has 1 aromatic heterocycles. The Balaban J connectivity index is 1.35. The predicted octanol–water partition coefficient (Wildman–Crippen LogP) is 5.15. The average molecular weight is 555 g/mol. The van der Waals surface area contributed by atoms with Crippen molar-refractivity contribution in [3.63, 3.8) is 0 Å². The number of rotatable bonds is 11. The Hall–Kier alpha value is -4.57. The number of aryl methyl sites for hydroxylation is 3. The third-order valence-corrected chi connectivity index (χ3v) is 6.86. The fraction of sp³-hybridized carbons (Fsp3) is 0.323. The largest absolute Gasteiger partial charge is 0.338 e. The van der Waals surface area contributed by atoms with Gasteiger partial charge in [0.2, 0.25) is 5.91 Å². The van der Waals surface area contributed by atoms with E-state index in [1.165, 1.54) is 23.6 Å². The standard InChI is InChI=1S/C31H38N8O2/c1-21-11-12-24(15-22(21)2)20-38(4)14-7-6-13-32-31(41)34-29-18-26(16-27(19-29)30-35-36-37-39(30)5)25-9-8-10-28(17-25)33-23(3)40/h8-12,15-19H,6-7,13-14,20H2,1-5H3,(H,33,40)(H2,32,34,41). The lowest BCUT2D eigenvalue weighted by Gasteiger charge is -2.17. The normalized spacial score (nSPS) is 11.0. The van der Waals surface area contributed by atoms with E-state index in [-0.39, 0.29) is 11.9 Å². The lowest BCUT2D eigenvalue weighted by Crippen LogP contribution is -2.30. The van der Waals surface area contributed by atoms with E-state index in [9.17, 15) is 9.59 Å². The topological polar surface area (TPSA) is 117 Å². The highest BCUT2D eigenvalue weighted by Gasteiger charge is 2.13. The monoisotopic (exact) mass is 554 g/mol. The van der Waals surface area contributed by atoms with Crippen LogP contribution < -0.4 is 16.0 Å². The van der Waals surface area contributed by atoms with Crippen molar-refractivity contribution in [2.24, 2.45) is 7.05 Å². The SMILES string of the molecule is CC(=O)Nc1cccc(-c2cc(NC(=O)NCCCCN(C)Cc3ccc(C)c(C)c3)cc(-c3nnnn3C)c2)c1. The van der Waals surface area contributed by atoms with Gasteiger partial charge in [-0.2, -0.15) is 0 Å². The van der Waals surface area contributed by atoms with E-state index in [0.717, 1.165) is 42.6 Å². The van der Waals surface area contributed by atoms with E-state index in [2.05, 4.69) is 75.5 Å². The Morgan fingerprint density at radius 2 is 1.66 bits per heavy atom. The fourth-order valence-electron chi connectivity index (χ4n) is 4.63. The maximum atomic E-state index is 12.8. The van der Waals surface area contributed by atoms with E-state index in [1.807, 2.05) is 42.5 Å². The molecule has 0 fully saturated rings. The number of unbranched alkanes of at least 4 members (excludes halogenated alkanes) is 1. The first kappa shape index (κ1) is 29.4. The number of urea groups is 1. The molecule has 214 valence electrons. The zero-order chi connectivity index (χ0) is 29.4. The molecule has 41 heavy (non-hydrogen) atoms. The molecule has 10 nitrogen and oxygen atoms in total. The van der Waals surface area contributed by atoms with Crippen molar-refractivity contribution in [1.29, 1.82) is 0 Å². The number of anilines is 2. The summed E-state index contributed by atoms with van der Waals surface area (Å²) in [5, 5.41) is 20.5. The van der Waals surface area contributed by atoms with Crippen LogP contribution in [-0.2, 0) is 18.4 Å². The summed E-state index contributed by atoms with van der Waals surface area (Å²) in [6.07, 6.45) is 1.85. The molecule has 4 rings (SSSR count). The minimum absolute atomic E-state index is 0.145. The first-order valence-electron chi connectivity index (χ1n) is 13.7. The molecule has 0 radical (unpaired) electrons. The van der Waals surface area contributed by atoms with E-state index < -0.39 is 0 Å². The molecule has 0 spiro atoms. The van der Waals surface area contributed by atoms with Gasteiger partial charge in [0, 0.05) is 44.0 Å². The fourth-order valence-corrected chi connectivity index (χ4v) is 4.63. The van der Waals surface area contributed by atoms with E-state index in [0.29, 0.717) is 23.7 Å². The summed E-state index contributed by atoms with van der Waals surface area (Å²) in [5.74, 6) is 0.423. The van der Waals surface area contributed by atoms with Gasteiger partial charge in [0.15, 0.2) is 5.82 Å². The number of carbonyl (C=O) groups excluding carboxylic acids is 2. The van der Waals surface area contributed by atoms with E-state index in [1.54, 1.807) is 11.7 Å². The lowest BCUT2D eigenvalue weighted by atomic mass is 10.0. The van der Waals surface area contributed by atoms with Gasteiger partial charge in [0.05, 0.1) is 0 Å². The average Bonchev–Trinajstić information content (AvgIpc) is 3.36. The van der Waals surface area contributed by atoms with Crippen molar-refractivity contribution in [3.8, 4) is 22.5 Å². The van der Waals surface area contributed by atoms with Crippen molar-refractivity contribution in [2.75, 3.05) is 30.8 Å². The zero-order valence-electron chi connectivity index (χ0n) is 24.4. The molecule has 0 atom stereocenters. The smallest absolute Gasteiger partial charge is 0.319 e. The Labute approximate surface area is 241 Å². The summed E-state index contributed by atoms with van der Waals surface area (Å²) < 4.78 is 1.58. The number of hydrogen-bond acceptors (Lipinski definition) is 6. The summed E-state index contributed by atoms with van der Waals surface area (Å²) in [5.41, 5.74) is 7.71. The van der Waals surface area contributed by atoms with Crippen molar-refractivity contribution < 1.29 is 9.59 Å². The second kappa shape index (κ2) is 13.7. The quantitative estimate of drug-likeness (QED) is 0.221. The van der Waals surface area contributed by atoms with Crippen LogP contribution in [0.2, 0.25) is 0 Å².